The molecule has 3 nitrogen and oxygen atoms in total. The summed E-state index contributed by atoms with van der Waals surface area (Å²) in [6.45, 7) is 2.71. The Labute approximate surface area is 135 Å². The number of anilines is 1. The second-order valence-corrected chi connectivity index (χ2v) is 5.91. The first-order chi connectivity index (χ1) is 10.6. The molecule has 0 aromatic heterocycles. The molecule has 0 fully saturated rings. The van der Waals surface area contributed by atoms with Gasteiger partial charge in [-0.15, -0.1) is 0 Å². The minimum Gasteiger partial charge on any atom is -0.483 e. The Morgan fingerprint density at radius 3 is 2.91 bits per heavy atom. The molecule has 0 atom stereocenters. The first-order valence-corrected chi connectivity index (χ1v) is 7.80. The van der Waals surface area contributed by atoms with Crippen molar-refractivity contribution in [2.75, 3.05) is 18.1 Å². The van der Waals surface area contributed by atoms with Gasteiger partial charge in [0.05, 0.1) is 0 Å². The third-order valence-electron chi connectivity index (χ3n) is 3.90. The van der Waals surface area contributed by atoms with Crippen LogP contribution in [0.5, 0.6) is 5.75 Å². The van der Waals surface area contributed by atoms with Gasteiger partial charge in [0.15, 0.2) is 6.61 Å². The maximum absolute atomic E-state index is 12.5. The first kappa shape index (κ1) is 14.9. The number of rotatable bonds is 3. The highest BCUT2D eigenvalue weighted by Crippen LogP contribution is 2.27. The molecule has 4 heteroatoms. The van der Waals surface area contributed by atoms with E-state index in [9.17, 15) is 4.79 Å². The molecule has 114 valence electrons. The zero-order valence-corrected chi connectivity index (χ0v) is 13.3. The fraction of sp³-hybridized carbons (Fsp3) is 0.278. The maximum Gasteiger partial charge on any atom is 0.264 e. The fourth-order valence-electron chi connectivity index (χ4n) is 2.78. The largest absolute Gasteiger partial charge is 0.483 e. The molecule has 3 rings (SSSR count). The van der Waals surface area contributed by atoms with Gasteiger partial charge in [-0.3, -0.25) is 4.79 Å². The fourth-order valence-corrected chi connectivity index (χ4v) is 3.01. The summed E-state index contributed by atoms with van der Waals surface area (Å²) in [5.74, 6) is 0.685. The van der Waals surface area contributed by atoms with Gasteiger partial charge >= 0.3 is 0 Å². The van der Waals surface area contributed by atoms with Gasteiger partial charge in [-0.2, -0.15) is 0 Å². The topological polar surface area (TPSA) is 29.5 Å². The van der Waals surface area contributed by atoms with Crippen molar-refractivity contribution < 1.29 is 9.53 Å². The molecule has 2 aromatic rings. The van der Waals surface area contributed by atoms with E-state index in [1.54, 1.807) is 12.1 Å². The van der Waals surface area contributed by atoms with Crippen LogP contribution >= 0.6 is 11.6 Å². The van der Waals surface area contributed by atoms with Crippen molar-refractivity contribution in [1.29, 1.82) is 0 Å². The van der Waals surface area contributed by atoms with Crippen molar-refractivity contribution in [1.82, 2.24) is 0 Å². The van der Waals surface area contributed by atoms with Crippen LogP contribution < -0.4 is 9.64 Å². The molecule has 0 N–H and O–H groups in total. The molecule has 0 aliphatic carbocycles. The van der Waals surface area contributed by atoms with E-state index in [1.807, 2.05) is 36.1 Å². The highest BCUT2D eigenvalue weighted by Gasteiger charge is 2.22. The summed E-state index contributed by atoms with van der Waals surface area (Å²) < 4.78 is 5.67. The van der Waals surface area contributed by atoms with Crippen molar-refractivity contribution in [3.05, 3.63) is 58.6 Å². The number of carbonyl (C=O) groups is 1. The van der Waals surface area contributed by atoms with E-state index in [1.165, 1.54) is 5.56 Å². The number of para-hydroxylation sites is 1. The second-order valence-electron chi connectivity index (χ2n) is 5.48. The van der Waals surface area contributed by atoms with Crippen molar-refractivity contribution in [3.8, 4) is 5.75 Å². The lowest BCUT2D eigenvalue weighted by Crippen LogP contribution is -2.38. The van der Waals surface area contributed by atoms with E-state index in [2.05, 4.69) is 6.07 Å². The lowest BCUT2D eigenvalue weighted by molar-refractivity contribution is -0.120. The Bertz CT molecular complexity index is 699. The van der Waals surface area contributed by atoms with Crippen molar-refractivity contribution in [3.63, 3.8) is 0 Å². The molecule has 1 aliphatic rings. The lowest BCUT2D eigenvalue weighted by Gasteiger charge is -2.29. The minimum absolute atomic E-state index is 0.0125. The molecular weight excluding hydrogens is 298 g/mol. The number of fused-ring (bicyclic) bond motifs is 1. The summed E-state index contributed by atoms with van der Waals surface area (Å²) in [5.41, 5.74) is 3.17. The van der Waals surface area contributed by atoms with E-state index in [-0.39, 0.29) is 12.5 Å². The van der Waals surface area contributed by atoms with E-state index in [4.69, 9.17) is 16.3 Å². The molecule has 1 amide bonds. The van der Waals surface area contributed by atoms with Crippen LogP contribution in [0.1, 0.15) is 17.5 Å². The highest BCUT2D eigenvalue weighted by molar-refractivity contribution is 6.30. The quantitative estimate of drug-likeness (QED) is 0.856. The Morgan fingerprint density at radius 1 is 1.27 bits per heavy atom. The van der Waals surface area contributed by atoms with E-state index >= 15 is 0 Å². The summed E-state index contributed by atoms with van der Waals surface area (Å²) in [7, 11) is 0. The number of halogens is 1. The standard InChI is InChI=1S/C18H18ClNO2/c1-13-11-15(19)8-9-17(13)22-12-18(21)20-10-4-6-14-5-2-3-7-16(14)20/h2-3,5,7-9,11H,4,6,10,12H2,1H3. The van der Waals surface area contributed by atoms with Crippen molar-refractivity contribution >= 4 is 23.2 Å². The van der Waals surface area contributed by atoms with Crippen LogP contribution in [0.15, 0.2) is 42.5 Å². The van der Waals surface area contributed by atoms with E-state index < -0.39 is 0 Å². The maximum atomic E-state index is 12.5. The molecule has 22 heavy (non-hydrogen) atoms. The molecule has 0 unspecified atom stereocenters. The monoisotopic (exact) mass is 315 g/mol. The molecule has 1 heterocycles. The highest BCUT2D eigenvalue weighted by atomic mass is 35.5. The summed E-state index contributed by atoms with van der Waals surface area (Å²) in [5, 5.41) is 0.668. The van der Waals surface area contributed by atoms with Crippen molar-refractivity contribution in [2.24, 2.45) is 0 Å². The number of nitrogens with zero attached hydrogens (tertiary/aromatic N) is 1. The number of ether oxygens (including phenoxy) is 1. The molecule has 0 saturated heterocycles. The number of hydrogen-bond acceptors (Lipinski definition) is 2. The van der Waals surface area contributed by atoms with E-state index in [0.29, 0.717) is 10.8 Å². The SMILES string of the molecule is Cc1cc(Cl)ccc1OCC(=O)N1CCCc2ccccc21. The van der Waals surface area contributed by atoms with Gasteiger partial charge in [-0.25, -0.2) is 0 Å². The summed E-state index contributed by atoms with van der Waals surface area (Å²) in [6.07, 6.45) is 2.01. The van der Waals surface area contributed by atoms with Gasteiger partial charge in [0.25, 0.3) is 5.91 Å². The van der Waals surface area contributed by atoms with Crippen LogP contribution in [0.2, 0.25) is 5.02 Å². The van der Waals surface area contributed by atoms with Gasteiger partial charge in [0, 0.05) is 17.3 Å². The predicted molar refractivity (Wildman–Crippen MR) is 88.8 cm³/mol. The van der Waals surface area contributed by atoms with Crippen LogP contribution in [0.3, 0.4) is 0 Å². The Balaban J connectivity index is 1.70. The molecule has 0 spiro atoms. The zero-order chi connectivity index (χ0) is 15.5. The normalized spacial score (nSPS) is 13.6. The first-order valence-electron chi connectivity index (χ1n) is 7.42. The van der Waals surface area contributed by atoms with Crippen LogP contribution in [0.4, 0.5) is 5.69 Å². The molecule has 0 bridgehead atoms. The van der Waals surface area contributed by atoms with Crippen LogP contribution in [-0.4, -0.2) is 19.1 Å². The van der Waals surface area contributed by atoms with Gasteiger partial charge < -0.3 is 9.64 Å². The Hall–Kier alpha value is -2.00. The van der Waals surface area contributed by atoms with Crippen LogP contribution in [0, 0.1) is 6.92 Å². The number of benzene rings is 2. The number of amides is 1. The molecule has 1 aliphatic heterocycles. The molecule has 2 aromatic carbocycles. The number of aryl methyl sites for hydroxylation is 2. The average molecular weight is 316 g/mol. The van der Waals surface area contributed by atoms with Gasteiger partial charge in [-0.05, 0) is 55.2 Å². The lowest BCUT2D eigenvalue weighted by atomic mass is 10.0. The molecular formula is C18H18ClNO2. The smallest absolute Gasteiger partial charge is 0.264 e. The van der Waals surface area contributed by atoms with Crippen molar-refractivity contribution in [2.45, 2.75) is 19.8 Å². The summed E-state index contributed by atoms with van der Waals surface area (Å²) >= 11 is 5.93. The average Bonchev–Trinajstić information content (AvgIpc) is 2.53. The van der Waals surface area contributed by atoms with E-state index in [0.717, 1.165) is 30.6 Å². The molecule has 0 radical (unpaired) electrons. The Kier molecular flexibility index (Phi) is 4.34. The van der Waals surface area contributed by atoms with Gasteiger partial charge in [-0.1, -0.05) is 29.8 Å². The zero-order valence-electron chi connectivity index (χ0n) is 12.5. The van der Waals surface area contributed by atoms with Crippen LogP contribution in [-0.2, 0) is 11.2 Å². The third kappa shape index (κ3) is 3.09. The summed E-state index contributed by atoms with van der Waals surface area (Å²) in [4.78, 5) is 14.3. The van der Waals surface area contributed by atoms with Gasteiger partial charge in [0.1, 0.15) is 5.75 Å². The number of carbonyl (C=O) groups excluding carboxylic acids is 1. The second kappa shape index (κ2) is 6.41. The predicted octanol–water partition coefficient (Wildman–Crippen LogP) is 4.01. The summed E-state index contributed by atoms with van der Waals surface area (Å²) in [6, 6.07) is 13.5. The number of hydrogen-bond donors (Lipinski definition) is 0. The minimum atomic E-state index is -0.0125. The van der Waals surface area contributed by atoms with Gasteiger partial charge in [0.2, 0.25) is 0 Å². The van der Waals surface area contributed by atoms with Crippen LogP contribution in [0.25, 0.3) is 0 Å². The third-order valence-corrected chi connectivity index (χ3v) is 4.13. The molecule has 0 saturated carbocycles. The Morgan fingerprint density at radius 2 is 2.09 bits per heavy atom.